The highest BCUT2D eigenvalue weighted by Crippen LogP contribution is 2.28. The predicted molar refractivity (Wildman–Crippen MR) is 67.7 cm³/mol. The number of phenols is 1. The number of hydrogen-bond donors (Lipinski definition) is 2. The van der Waals surface area contributed by atoms with Gasteiger partial charge in [-0.25, -0.2) is 13.6 Å². The lowest BCUT2D eigenvalue weighted by atomic mass is 10.0. The maximum absolute atomic E-state index is 13.5. The van der Waals surface area contributed by atoms with E-state index < -0.39 is 23.4 Å². The van der Waals surface area contributed by atoms with Gasteiger partial charge in [-0.1, -0.05) is 6.07 Å². The summed E-state index contributed by atoms with van der Waals surface area (Å²) in [6.07, 6.45) is 0. The van der Waals surface area contributed by atoms with Crippen molar-refractivity contribution in [2.75, 3.05) is 0 Å². The smallest absolute Gasteiger partial charge is 0.339 e. The second kappa shape index (κ2) is 5.67. The van der Waals surface area contributed by atoms with Crippen LogP contribution in [-0.2, 0) is 0 Å². The topological polar surface area (TPSA) is 57.5 Å². The van der Waals surface area contributed by atoms with Crippen molar-refractivity contribution in [3.8, 4) is 16.9 Å². The van der Waals surface area contributed by atoms with E-state index in [0.717, 1.165) is 18.2 Å². The quantitative estimate of drug-likeness (QED) is 0.889. The number of aromatic carboxylic acids is 1. The summed E-state index contributed by atoms with van der Waals surface area (Å²) in [6.45, 7) is 0. The van der Waals surface area contributed by atoms with Crippen molar-refractivity contribution in [1.29, 1.82) is 0 Å². The minimum atomic E-state index is -1.32. The maximum Gasteiger partial charge on any atom is 0.339 e. The molecule has 2 N–H and O–H groups in total. The summed E-state index contributed by atoms with van der Waals surface area (Å²) in [7, 11) is 0. The Morgan fingerprint density at radius 2 is 1.74 bits per heavy atom. The summed E-state index contributed by atoms with van der Waals surface area (Å²) in [5.74, 6) is -3.24. The van der Waals surface area contributed by atoms with Crippen molar-refractivity contribution < 1.29 is 23.8 Å². The van der Waals surface area contributed by atoms with Crippen LogP contribution < -0.4 is 0 Å². The highest BCUT2D eigenvalue weighted by atomic mass is 35.5. The Morgan fingerprint density at radius 1 is 1.05 bits per heavy atom. The summed E-state index contributed by atoms with van der Waals surface area (Å²) in [5, 5.41) is 18.2. The van der Waals surface area contributed by atoms with Gasteiger partial charge in [-0.05, 0) is 29.8 Å². The second-order valence-corrected chi connectivity index (χ2v) is 3.66. The molecule has 0 bridgehead atoms. The van der Waals surface area contributed by atoms with E-state index in [2.05, 4.69) is 0 Å². The first kappa shape index (κ1) is 14.9. The van der Waals surface area contributed by atoms with Crippen LogP contribution in [0.2, 0.25) is 0 Å². The van der Waals surface area contributed by atoms with Gasteiger partial charge < -0.3 is 10.2 Å². The Bertz CT molecular complexity index is 629. The molecule has 3 nitrogen and oxygen atoms in total. The molecule has 0 saturated heterocycles. The molecule has 0 aliphatic carbocycles. The average molecular weight is 287 g/mol. The van der Waals surface area contributed by atoms with Crippen LogP contribution in [0.5, 0.6) is 5.75 Å². The Labute approximate surface area is 113 Å². The second-order valence-electron chi connectivity index (χ2n) is 3.66. The third-order valence-corrected chi connectivity index (χ3v) is 2.47. The van der Waals surface area contributed by atoms with E-state index in [4.69, 9.17) is 5.11 Å². The molecule has 0 spiro atoms. The molecule has 0 aliphatic rings. The molecule has 0 heterocycles. The predicted octanol–water partition coefficient (Wildman–Crippen LogP) is 3.46. The molecule has 0 fully saturated rings. The number of hydrogen-bond acceptors (Lipinski definition) is 2. The van der Waals surface area contributed by atoms with Gasteiger partial charge in [-0.3, -0.25) is 0 Å². The summed E-state index contributed by atoms with van der Waals surface area (Å²) < 4.78 is 26.3. The SMILES string of the molecule is Cl.O=C(O)c1cc(-c2ccc(F)cc2F)ccc1O. The number of carbonyl (C=O) groups is 1. The van der Waals surface area contributed by atoms with E-state index in [-0.39, 0.29) is 29.1 Å². The van der Waals surface area contributed by atoms with E-state index in [1.165, 1.54) is 12.1 Å². The summed E-state index contributed by atoms with van der Waals surface area (Å²) >= 11 is 0. The highest BCUT2D eigenvalue weighted by Gasteiger charge is 2.13. The normalized spacial score (nSPS) is 9.79. The zero-order valence-corrected chi connectivity index (χ0v) is 10.2. The van der Waals surface area contributed by atoms with Gasteiger partial charge in [0, 0.05) is 11.6 Å². The lowest BCUT2D eigenvalue weighted by Crippen LogP contribution is -1.97. The number of carboxylic acid groups (broad SMARTS) is 1. The number of aromatic hydroxyl groups is 1. The van der Waals surface area contributed by atoms with Gasteiger partial charge in [0.1, 0.15) is 22.9 Å². The lowest BCUT2D eigenvalue weighted by molar-refractivity contribution is 0.0694. The molecule has 6 heteroatoms. The van der Waals surface area contributed by atoms with Crippen molar-refractivity contribution >= 4 is 18.4 Å². The Balaban J connectivity index is 0.00000180. The van der Waals surface area contributed by atoms with Gasteiger partial charge in [0.2, 0.25) is 0 Å². The number of carboxylic acids is 1. The van der Waals surface area contributed by atoms with Gasteiger partial charge in [-0.15, -0.1) is 12.4 Å². The Hall–Kier alpha value is -2.14. The molecular weight excluding hydrogens is 278 g/mol. The Morgan fingerprint density at radius 3 is 2.32 bits per heavy atom. The maximum atomic E-state index is 13.5. The fourth-order valence-electron chi connectivity index (χ4n) is 1.60. The van der Waals surface area contributed by atoms with Gasteiger partial charge in [0.15, 0.2) is 0 Å². The van der Waals surface area contributed by atoms with Crippen LogP contribution in [0, 0.1) is 11.6 Å². The fourth-order valence-corrected chi connectivity index (χ4v) is 1.60. The molecule has 0 aromatic heterocycles. The van der Waals surface area contributed by atoms with Gasteiger partial charge in [-0.2, -0.15) is 0 Å². The molecule has 0 atom stereocenters. The van der Waals surface area contributed by atoms with E-state index in [1.54, 1.807) is 0 Å². The zero-order chi connectivity index (χ0) is 13.3. The average Bonchev–Trinajstić information content (AvgIpc) is 2.30. The minimum absolute atomic E-state index is 0. The molecule has 19 heavy (non-hydrogen) atoms. The fraction of sp³-hybridized carbons (Fsp3) is 0. The van der Waals surface area contributed by atoms with Gasteiger partial charge in [0.05, 0.1) is 0 Å². The van der Waals surface area contributed by atoms with Crippen molar-refractivity contribution in [2.24, 2.45) is 0 Å². The first-order valence-corrected chi connectivity index (χ1v) is 5.01. The van der Waals surface area contributed by atoms with Crippen molar-refractivity contribution in [3.05, 3.63) is 53.6 Å². The summed E-state index contributed by atoms with van der Waals surface area (Å²) in [6, 6.07) is 6.64. The number of benzene rings is 2. The molecule has 2 aromatic carbocycles. The van der Waals surface area contributed by atoms with Crippen LogP contribution in [0.3, 0.4) is 0 Å². The third-order valence-electron chi connectivity index (χ3n) is 2.47. The van der Waals surface area contributed by atoms with E-state index in [0.29, 0.717) is 6.07 Å². The summed E-state index contributed by atoms with van der Waals surface area (Å²) in [5.41, 5.74) is -0.0159. The van der Waals surface area contributed by atoms with Crippen molar-refractivity contribution in [1.82, 2.24) is 0 Å². The third kappa shape index (κ3) is 3.00. The molecule has 0 unspecified atom stereocenters. The lowest BCUT2D eigenvalue weighted by Gasteiger charge is -2.06. The minimum Gasteiger partial charge on any atom is -0.507 e. The molecule has 0 radical (unpaired) electrons. The van der Waals surface area contributed by atoms with Crippen LogP contribution in [0.15, 0.2) is 36.4 Å². The monoisotopic (exact) mass is 286 g/mol. The summed E-state index contributed by atoms with van der Waals surface area (Å²) in [4.78, 5) is 10.8. The van der Waals surface area contributed by atoms with Crippen LogP contribution in [0.1, 0.15) is 10.4 Å². The molecule has 2 aromatic rings. The number of rotatable bonds is 2. The first-order chi connectivity index (χ1) is 8.49. The standard InChI is InChI=1S/C13H8F2O3.ClH/c14-8-2-3-9(11(15)6-8)7-1-4-12(16)10(5-7)13(17)18;/h1-6,16H,(H,17,18);1H. The van der Waals surface area contributed by atoms with Crippen LogP contribution in [-0.4, -0.2) is 16.2 Å². The van der Waals surface area contributed by atoms with Gasteiger partial charge >= 0.3 is 5.97 Å². The van der Waals surface area contributed by atoms with Crippen LogP contribution >= 0.6 is 12.4 Å². The van der Waals surface area contributed by atoms with E-state index in [1.807, 2.05) is 0 Å². The highest BCUT2D eigenvalue weighted by molar-refractivity contribution is 5.92. The first-order valence-electron chi connectivity index (χ1n) is 5.01. The van der Waals surface area contributed by atoms with Crippen molar-refractivity contribution in [3.63, 3.8) is 0 Å². The molecule has 0 saturated carbocycles. The largest absolute Gasteiger partial charge is 0.507 e. The molecule has 0 amide bonds. The van der Waals surface area contributed by atoms with Gasteiger partial charge in [0.25, 0.3) is 0 Å². The zero-order valence-electron chi connectivity index (χ0n) is 9.43. The van der Waals surface area contributed by atoms with Crippen LogP contribution in [0.4, 0.5) is 8.78 Å². The molecule has 100 valence electrons. The molecule has 0 aliphatic heterocycles. The molecular formula is C13H9ClF2O3. The number of halogens is 3. The van der Waals surface area contributed by atoms with Crippen molar-refractivity contribution in [2.45, 2.75) is 0 Å². The van der Waals surface area contributed by atoms with E-state index in [9.17, 15) is 18.7 Å². The van der Waals surface area contributed by atoms with Crippen LogP contribution in [0.25, 0.3) is 11.1 Å². The van der Waals surface area contributed by atoms with E-state index >= 15 is 0 Å². The Kier molecular flexibility index (Phi) is 4.45. The molecule has 2 rings (SSSR count).